The molecule has 0 aromatic heterocycles. The van der Waals surface area contributed by atoms with Gasteiger partial charge in [0.25, 0.3) is 0 Å². The van der Waals surface area contributed by atoms with E-state index in [0.29, 0.717) is 0 Å². The number of hydrogen-bond acceptors (Lipinski definition) is 3. The molecule has 0 amide bonds. The minimum Gasteiger partial charge on any atom is -0.755 e. The third kappa shape index (κ3) is 3.59. The van der Waals surface area contributed by atoms with Gasteiger partial charge in [-0.3, -0.25) is 9.00 Å². The maximum atomic E-state index is 12.6. The van der Waals surface area contributed by atoms with Crippen molar-refractivity contribution in [2.24, 2.45) is 0 Å². The number of carboxylic acid groups (broad SMARTS) is 1. The van der Waals surface area contributed by atoms with Crippen LogP contribution < -0.4 is 4.31 Å². The van der Waals surface area contributed by atoms with E-state index in [1.54, 1.807) is 0 Å². The standard InChI is InChI=1S/C9H10FNO4S/c10-7-1-3-8(4-2-7)11(16(14)15)6-5-9(12)13/h1-4H,5-6H2,(H,12,13)(H,14,15)/p-1. The summed E-state index contributed by atoms with van der Waals surface area (Å²) in [6.07, 6.45) is -0.314. The molecular weight excluding hydrogens is 237 g/mol. The molecule has 7 heteroatoms. The molecule has 1 unspecified atom stereocenters. The molecule has 1 aromatic rings. The number of carboxylic acids is 1. The summed E-state index contributed by atoms with van der Waals surface area (Å²) < 4.78 is 35.1. The van der Waals surface area contributed by atoms with Crippen molar-refractivity contribution in [1.82, 2.24) is 0 Å². The molecule has 1 atom stereocenters. The number of hydrogen-bond donors (Lipinski definition) is 1. The Labute approximate surface area is 93.9 Å². The molecule has 1 aromatic carbocycles. The zero-order valence-corrected chi connectivity index (χ0v) is 8.95. The van der Waals surface area contributed by atoms with Gasteiger partial charge in [-0.05, 0) is 24.3 Å². The summed E-state index contributed by atoms with van der Waals surface area (Å²) in [6, 6.07) is 4.76. The van der Waals surface area contributed by atoms with E-state index in [1.807, 2.05) is 0 Å². The zero-order chi connectivity index (χ0) is 12.1. The van der Waals surface area contributed by atoms with Gasteiger partial charge in [-0.15, -0.1) is 0 Å². The van der Waals surface area contributed by atoms with Gasteiger partial charge in [0.1, 0.15) is 5.82 Å². The van der Waals surface area contributed by atoms with E-state index >= 15 is 0 Å². The fourth-order valence-corrected chi connectivity index (χ4v) is 1.63. The predicted octanol–water partition coefficient (Wildman–Crippen LogP) is 0.901. The molecule has 0 radical (unpaired) electrons. The number of halogens is 1. The van der Waals surface area contributed by atoms with Crippen LogP contribution in [-0.4, -0.2) is 26.4 Å². The number of carbonyl (C=O) groups is 1. The first-order valence-electron chi connectivity index (χ1n) is 4.35. The number of rotatable bonds is 5. The second kappa shape index (κ2) is 5.57. The second-order valence-electron chi connectivity index (χ2n) is 2.94. The highest BCUT2D eigenvalue weighted by molar-refractivity contribution is 7.80. The van der Waals surface area contributed by atoms with Crippen LogP contribution in [0.3, 0.4) is 0 Å². The summed E-state index contributed by atoms with van der Waals surface area (Å²) in [7, 11) is 0. The van der Waals surface area contributed by atoms with Crippen molar-refractivity contribution in [1.29, 1.82) is 0 Å². The Kier molecular flexibility index (Phi) is 4.39. The van der Waals surface area contributed by atoms with Gasteiger partial charge in [-0.2, -0.15) is 0 Å². The van der Waals surface area contributed by atoms with Crippen molar-refractivity contribution in [2.45, 2.75) is 6.42 Å². The predicted molar refractivity (Wildman–Crippen MR) is 54.9 cm³/mol. The largest absolute Gasteiger partial charge is 0.755 e. The quantitative estimate of drug-likeness (QED) is 0.783. The number of aliphatic carboxylic acids is 1. The summed E-state index contributed by atoms with van der Waals surface area (Å²) >= 11 is -2.58. The Morgan fingerprint density at radius 2 is 2.00 bits per heavy atom. The smallest absolute Gasteiger partial charge is 0.305 e. The number of nitrogens with zero attached hydrogens (tertiary/aromatic N) is 1. The maximum Gasteiger partial charge on any atom is 0.305 e. The van der Waals surface area contributed by atoms with Crippen molar-refractivity contribution >= 4 is 22.9 Å². The Balaban J connectivity index is 2.81. The Morgan fingerprint density at radius 3 is 2.44 bits per heavy atom. The van der Waals surface area contributed by atoms with Crippen molar-refractivity contribution in [3.63, 3.8) is 0 Å². The van der Waals surface area contributed by atoms with Crippen molar-refractivity contribution in [3.8, 4) is 0 Å². The first kappa shape index (κ1) is 12.6. The molecule has 0 aliphatic heterocycles. The first-order chi connectivity index (χ1) is 7.50. The SMILES string of the molecule is O=C(O)CCN(c1ccc(F)cc1)S(=O)[O-]. The number of benzene rings is 1. The lowest BCUT2D eigenvalue weighted by atomic mass is 10.3. The van der Waals surface area contributed by atoms with Crippen LogP contribution in [0.15, 0.2) is 24.3 Å². The van der Waals surface area contributed by atoms with Crippen molar-refractivity contribution in [3.05, 3.63) is 30.1 Å². The molecule has 0 spiro atoms. The van der Waals surface area contributed by atoms with Gasteiger partial charge in [-0.1, -0.05) is 0 Å². The van der Waals surface area contributed by atoms with Gasteiger partial charge in [0, 0.05) is 23.5 Å². The topological polar surface area (TPSA) is 80.7 Å². The van der Waals surface area contributed by atoms with E-state index < -0.39 is 23.1 Å². The summed E-state index contributed by atoms with van der Waals surface area (Å²) in [4.78, 5) is 10.3. The fraction of sp³-hybridized carbons (Fsp3) is 0.222. The molecule has 88 valence electrons. The van der Waals surface area contributed by atoms with Gasteiger partial charge in [-0.25, -0.2) is 4.39 Å². The maximum absolute atomic E-state index is 12.6. The van der Waals surface area contributed by atoms with Crippen LogP contribution in [0.5, 0.6) is 0 Å². The average Bonchev–Trinajstić information content (AvgIpc) is 2.20. The van der Waals surface area contributed by atoms with E-state index in [-0.39, 0.29) is 18.7 Å². The highest BCUT2D eigenvalue weighted by Gasteiger charge is 2.09. The third-order valence-corrected chi connectivity index (χ3v) is 2.58. The van der Waals surface area contributed by atoms with Gasteiger partial charge in [0.15, 0.2) is 0 Å². The van der Waals surface area contributed by atoms with Crippen molar-refractivity contribution < 1.29 is 23.1 Å². The van der Waals surface area contributed by atoms with E-state index in [9.17, 15) is 17.9 Å². The van der Waals surface area contributed by atoms with Crippen LogP contribution in [0.2, 0.25) is 0 Å². The summed E-state index contributed by atoms with van der Waals surface area (Å²) in [5.74, 6) is -1.59. The van der Waals surface area contributed by atoms with Crippen LogP contribution in [0, 0.1) is 5.82 Å². The Bertz CT molecular complexity index is 395. The number of anilines is 1. The highest BCUT2D eigenvalue weighted by atomic mass is 32.2. The van der Waals surface area contributed by atoms with Gasteiger partial charge in [0.05, 0.1) is 6.42 Å². The first-order valence-corrected chi connectivity index (χ1v) is 5.38. The monoisotopic (exact) mass is 246 g/mol. The molecular formula is C9H9FNO4S-. The minimum atomic E-state index is -2.58. The molecule has 0 aliphatic carbocycles. The van der Waals surface area contributed by atoms with E-state index in [4.69, 9.17) is 5.11 Å². The normalized spacial score (nSPS) is 12.1. The van der Waals surface area contributed by atoms with Crippen LogP contribution in [0.4, 0.5) is 10.1 Å². The molecule has 5 nitrogen and oxygen atoms in total. The van der Waals surface area contributed by atoms with Crippen molar-refractivity contribution in [2.75, 3.05) is 10.8 Å². The molecule has 0 heterocycles. The average molecular weight is 246 g/mol. The molecule has 0 fully saturated rings. The van der Waals surface area contributed by atoms with Crippen LogP contribution >= 0.6 is 0 Å². The highest BCUT2D eigenvalue weighted by Crippen LogP contribution is 2.16. The molecule has 1 rings (SSSR count). The van der Waals surface area contributed by atoms with E-state index in [1.165, 1.54) is 12.1 Å². The van der Waals surface area contributed by atoms with Gasteiger partial charge >= 0.3 is 5.97 Å². The van der Waals surface area contributed by atoms with E-state index in [0.717, 1.165) is 16.4 Å². The lowest BCUT2D eigenvalue weighted by Crippen LogP contribution is -2.28. The van der Waals surface area contributed by atoms with Gasteiger partial charge in [0.2, 0.25) is 0 Å². The Morgan fingerprint density at radius 1 is 1.44 bits per heavy atom. The Hall–Kier alpha value is -1.47. The minimum absolute atomic E-state index is 0.183. The summed E-state index contributed by atoms with van der Waals surface area (Å²) in [5.41, 5.74) is 0.232. The molecule has 0 saturated carbocycles. The molecule has 1 N–H and O–H groups in total. The molecule has 0 aliphatic rings. The fourth-order valence-electron chi connectivity index (χ4n) is 1.09. The van der Waals surface area contributed by atoms with E-state index in [2.05, 4.69) is 0 Å². The summed E-state index contributed by atoms with van der Waals surface area (Å²) in [6.45, 7) is -0.183. The van der Waals surface area contributed by atoms with Gasteiger partial charge < -0.3 is 14.0 Å². The second-order valence-corrected chi connectivity index (χ2v) is 3.81. The third-order valence-electron chi connectivity index (χ3n) is 1.82. The molecule has 16 heavy (non-hydrogen) atoms. The zero-order valence-electron chi connectivity index (χ0n) is 8.13. The summed E-state index contributed by atoms with van der Waals surface area (Å²) in [5, 5.41) is 8.45. The molecule has 0 bridgehead atoms. The van der Waals surface area contributed by atoms with Crippen LogP contribution in [-0.2, 0) is 16.1 Å². The van der Waals surface area contributed by atoms with Crippen LogP contribution in [0.1, 0.15) is 6.42 Å². The molecule has 0 saturated heterocycles. The lowest BCUT2D eigenvalue weighted by Gasteiger charge is -2.25. The lowest BCUT2D eigenvalue weighted by molar-refractivity contribution is -0.136. The van der Waals surface area contributed by atoms with Crippen LogP contribution in [0.25, 0.3) is 0 Å².